The van der Waals surface area contributed by atoms with Crippen LogP contribution in [0.2, 0.25) is 0 Å². The van der Waals surface area contributed by atoms with Crippen LogP contribution in [0.4, 0.5) is 8.78 Å². The lowest BCUT2D eigenvalue weighted by Gasteiger charge is -2.31. The molecule has 0 fully saturated rings. The molecule has 0 saturated heterocycles. The van der Waals surface area contributed by atoms with Gasteiger partial charge in [-0.15, -0.1) is 0 Å². The van der Waals surface area contributed by atoms with E-state index in [1.165, 1.54) is 0 Å². The second kappa shape index (κ2) is 5.17. The highest BCUT2D eigenvalue weighted by atomic mass is 32.2. The topological polar surface area (TPSA) is 107 Å². The van der Waals surface area contributed by atoms with Gasteiger partial charge in [-0.3, -0.25) is 4.55 Å². The molecular weight excluding hydrogens is 334 g/mol. The molecule has 1 heterocycles. The van der Waals surface area contributed by atoms with E-state index in [-0.39, 0.29) is 24.1 Å². The Morgan fingerprint density at radius 3 is 2.61 bits per heavy atom. The Bertz CT molecular complexity index is 824. The Kier molecular flexibility index (Phi) is 3.52. The predicted octanol–water partition coefficient (Wildman–Crippen LogP) is 0.435. The summed E-state index contributed by atoms with van der Waals surface area (Å²) in [4.78, 5) is 12.2. The van der Waals surface area contributed by atoms with Gasteiger partial charge in [0.15, 0.2) is 0 Å². The second-order valence-corrected chi connectivity index (χ2v) is 6.84. The summed E-state index contributed by atoms with van der Waals surface area (Å²) >= 11 is 0. The zero-order valence-corrected chi connectivity index (χ0v) is 12.3. The van der Waals surface area contributed by atoms with Crippen molar-refractivity contribution in [3.05, 3.63) is 46.8 Å². The molecule has 0 bridgehead atoms. The van der Waals surface area contributed by atoms with E-state index in [0.717, 1.165) is 23.2 Å². The molecule has 2 unspecified atom stereocenters. The third-order valence-electron chi connectivity index (χ3n) is 3.94. The Hall–Kier alpha value is -2.20. The van der Waals surface area contributed by atoms with Gasteiger partial charge in [-0.1, -0.05) is 0 Å². The van der Waals surface area contributed by atoms with Crippen LogP contribution < -0.4 is 5.32 Å². The first-order chi connectivity index (χ1) is 10.7. The van der Waals surface area contributed by atoms with Gasteiger partial charge in [0.25, 0.3) is 0 Å². The lowest BCUT2D eigenvalue weighted by Crippen LogP contribution is -2.49. The van der Waals surface area contributed by atoms with Gasteiger partial charge >= 0.3 is 16.1 Å². The zero-order valence-electron chi connectivity index (χ0n) is 11.5. The molecule has 0 radical (unpaired) electrons. The number of hydrogen-bond donors (Lipinski definition) is 3. The first-order valence-corrected chi connectivity index (χ1v) is 8.09. The van der Waals surface area contributed by atoms with Crippen molar-refractivity contribution in [1.29, 1.82) is 0 Å². The summed E-state index contributed by atoms with van der Waals surface area (Å²) < 4.78 is 59.3. The van der Waals surface area contributed by atoms with Crippen molar-refractivity contribution >= 4 is 16.1 Å². The minimum atomic E-state index is -4.63. The average Bonchev–Trinajstić information content (AvgIpc) is 2.99. The molecule has 1 aliphatic heterocycles. The molecule has 0 aromatic heterocycles. The van der Waals surface area contributed by atoms with E-state index in [2.05, 4.69) is 5.32 Å². The third kappa shape index (κ3) is 2.63. The largest absolute Gasteiger partial charge is 0.477 e. The maximum atomic E-state index is 13.8. The third-order valence-corrected chi connectivity index (χ3v) is 4.86. The van der Waals surface area contributed by atoms with Gasteiger partial charge in [-0.25, -0.2) is 13.6 Å². The van der Waals surface area contributed by atoms with E-state index in [4.69, 9.17) is 0 Å². The Balaban J connectivity index is 1.98. The van der Waals surface area contributed by atoms with Crippen LogP contribution in [0.3, 0.4) is 0 Å². The molecule has 3 N–H and O–H groups in total. The highest BCUT2D eigenvalue weighted by Crippen LogP contribution is 2.33. The van der Waals surface area contributed by atoms with Crippen LogP contribution in [0.5, 0.6) is 0 Å². The number of benzene rings is 1. The number of halogens is 2. The van der Waals surface area contributed by atoms with Crippen molar-refractivity contribution in [2.75, 3.05) is 0 Å². The predicted molar refractivity (Wildman–Crippen MR) is 73.6 cm³/mol. The van der Waals surface area contributed by atoms with Gasteiger partial charge in [0.1, 0.15) is 17.3 Å². The fourth-order valence-electron chi connectivity index (χ4n) is 3.05. The lowest BCUT2D eigenvalue weighted by atomic mass is 10.1. The Labute approximate surface area is 130 Å². The summed E-state index contributed by atoms with van der Waals surface area (Å²) in [5.41, 5.74) is -1.49. The standard InChI is InChI=1S/C13H12F2N2O5S/c14-7-1-6-2-8(4-9(6)10(15)3-7)17-11(12(18)19)5-16-13(17)23(20,21)22/h1,3,5,8,13,16H,2,4H2,(H,18,19)(H,20,21,22). The smallest absolute Gasteiger partial charge is 0.353 e. The van der Waals surface area contributed by atoms with E-state index in [0.29, 0.717) is 5.56 Å². The van der Waals surface area contributed by atoms with E-state index < -0.39 is 39.3 Å². The number of aliphatic carboxylic acids is 1. The minimum absolute atomic E-state index is 0.000231. The maximum Gasteiger partial charge on any atom is 0.353 e. The van der Waals surface area contributed by atoms with Crippen molar-refractivity contribution in [2.24, 2.45) is 0 Å². The molecule has 0 amide bonds. The summed E-state index contributed by atoms with van der Waals surface area (Å²) in [5, 5.41) is 11.5. The lowest BCUT2D eigenvalue weighted by molar-refractivity contribution is -0.134. The second-order valence-electron chi connectivity index (χ2n) is 5.36. The summed E-state index contributed by atoms with van der Waals surface area (Å²) in [5.74, 6) is -2.92. The molecule has 7 nitrogen and oxygen atoms in total. The molecule has 124 valence electrons. The van der Waals surface area contributed by atoms with Gasteiger partial charge in [0.05, 0.1) is 0 Å². The molecular formula is C13H12F2N2O5S. The van der Waals surface area contributed by atoms with E-state index in [9.17, 15) is 31.7 Å². The van der Waals surface area contributed by atoms with Crippen LogP contribution in [-0.2, 0) is 27.8 Å². The number of carbonyl (C=O) groups is 1. The molecule has 10 heteroatoms. The summed E-state index contributed by atoms with van der Waals surface area (Å²) in [6, 6.07) is 1.11. The van der Waals surface area contributed by atoms with Crippen LogP contribution in [0.25, 0.3) is 0 Å². The first kappa shape index (κ1) is 15.7. The van der Waals surface area contributed by atoms with Crippen LogP contribution in [0, 0.1) is 11.6 Å². The van der Waals surface area contributed by atoms with Gasteiger partial charge in [0, 0.05) is 18.3 Å². The van der Waals surface area contributed by atoms with E-state index >= 15 is 0 Å². The Morgan fingerprint density at radius 2 is 2.00 bits per heavy atom. The van der Waals surface area contributed by atoms with Crippen molar-refractivity contribution in [1.82, 2.24) is 10.2 Å². The minimum Gasteiger partial charge on any atom is -0.477 e. The quantitative estimate of drug-likeness (QED) is 0.682. The van der Waals surface area contributed by atoms with Crippen LogP contribution >= 0.6 is 0 Å². The molecule has 1 aromatic carbocycles. The van der Waals surface area contributed by atoms with Crippen molar-refractivity contribution in [3.63, 3.8) is 0 Å². The van der Waals surface area contributed by atoms with Crippen LogP contribution in [0.15, 0.2) is 24.0 Å². The van der Waals surface area contributed by atoms with Gasteiger partial charge in [0.2, 0.25) is 5.50 Å². The molecule has 0 saturated carbocycles. The van der Waals surface area contributed by atoms with Gasteiger partial charge in [-0.05, 0) is 30.0 Å². The normalized spacial score (nSPS) is 23.4. The average molecular weight is 346 g/mol. The van der Waals surface area contributed by atoms with Crippen molar-refractivity contribution in [2.45, 2.75) is 24.4 Å². The summed E-state index contributed by atoms with van der Waals surface area (Å²) in [6.07, 6.45) is 1.02. The molecule has 0 spiro atoms. The van der Waals surface area contributed by atoms with Crippen LogP contribution in [0.1, 0.15) is 11.1 Å². The highest BCUT2D eigenvalue weighted by molar-refractivity contribution is 7.86. The fraction of sp³-hybridized carbons (Fsp3) is 0.308. The molecule has 3 rings (SSSR count). The Morgan fingerprint density at radius 1 is 1.30 bits per heavy atom. The number of rotatable bonds is 3. The number of hydrogen-bond acceptors (Lipinski definition) is 5. The first-order valence-electron chi connectivity index (χ1n) is 6.59. The number of carboxylic acid groups (broad SMARTS) is 1. The molecule has 1 aliphatic carbocycles. The van der Waals surface area contributed by atoms with Crippen LogP contribution in [-0.4, -0.2) is 40.5 Å². The van der Waals surface area contributed by atoms with Crippen molar-refractivity contribution < 1.29 is 31.7 Å². The molecule has 1 aromatic rings. The van der Waals surface area contributed by atoms with E-state index in [1.807, 2.05) is 0 Å². The van der Waals surface area contributed by atoms with E-state index in [1.54, 1.807) is 0 Å². The van der Waals surface area contributed by atoms with Crippen molar-refractivity contribution in [3.8, 4) is 0 Å². The fourth-order valence-corrected chi connectivity index (χ4v) is 3.86. The molecule has 2 atom stereocenters. The molecule has 23 heavy (non-hydrogen) atoms. The maximum absolute atomic E-state index is 13.8. The van der Waals surface area contributed by atoms with Gasteiger partial charge < -0.3 is 15.3 Å². The SMILES string of the molecule is O=C(O)C1=CNC(S(=O)(=O)O)N1C1Cc2cc(F)cc(F)c2C1. The summed E-state index contributed by atoms with van der Waals surface area (Å²) in [6.45, 7) is 0. The molecule has 2 aliphatic rings. The number of nitrogens with zero attached hydrogens (tertiary/aromatic N) is 1. The number of fused-ring (bicyclic) bond motifs is 1. The number of nitrogens with one attached hydrogen (secondary N) is 1. The zero-order chi connectivity index (χ0) is 16.9. The number of carboxylic acids is 1. The monoisotopic (exact) mass is 346 g/mol. The van der Waals surface area contributed by atoms with Gasteiger partial charge in [-0.2, -0.15) is 8.42 Å². The highest BCUT2D eigenvalue weighted by Gasteiger charge is 2.44. The summed E-state index contributed by atoms with van der Waals surface area (Å²) in [7, 11) is -4.63.